The van der Waals surface area contributed by atoms with Crippen LogP contribution in [-0.4, -0.2) is 13.0 Å². The maximum Gasteiger partial charge on any atom is 0.222 e. The van der Waals surface area contributed by atoms with Crippen LogP contribution < -0.4 is 5.32 Å². The molecule has 3 unspecified atom stereocenters. The lowest BCUT2D eigenvalue weighted by Crippen LogP contribution is -2.27. The molecule has 0 heterocycles. The predicted octanol–water partition coefficient (Wildman–Crippen LogP) is 2.19. The van der Waals surface area contributed by atoms with Gasteiger partial charge in [0.1, 0.15) is 0 Å². The molecule has 2 heteroatoms. The maximum absolute atomic E-state index is 11.5. The fraction of sp³-hybridized carbons (Fsp3) is 0.909. The summed E-state index contributed by atoms with van der Waals surface area (Å²) in [6, 6.07) is 0. The average molecular weight is 183 g/mol. The van der Waals surface area contributed by atoms with Gasteiger partial charge in [0.05, 0.1) is 0 Å². The minimum absolute atomic E-state index is 0.237. The van der Waals surface area contributed by atoms with Gasteiger partial charge in [-0.3, -0.25) is 4.79 Å². The van der Waals surface area contributed by atoms with Crippen molar-refractivity contribution in [2.24, 2.45) is 17.8 Å². The molecule has 3 atom stereocenters. The lowest BCUT2D eigenvalue weighted by Gasteiger charge is -2.13. The molecule has 2 nitrogen and oxygen atoms in total. The fourth-order valence-electron chi connectivity index (χ4n) is 2.00. The molecule has 13 heavy (non-hydrogen) atoms. The summed E-state index contributed by atoms with van der Waals surface area (Å²) in [5, 5.41) is 2.76. The lowest BCUT2D eigenvalue weighted by atomic mass is 9.95. The van der Waals surface area contributed by atoms with Crippen LogP contribution in [0.3, 0.4) is 0 Å². The molecule has 0 saturated heterocycles. The highest BCUT2D eigenvalue weighted by atomic mass is 16.1. The third-order valence-corrected chi connectivity index (χ3v) is 3.12. The van der Waals surface area contributed by atoms with E-state index in [1.54, 1.807) is 7.05 Å². The summed E-state index contributed by atoms with van der Waals surface area (Å²) < 4.78 is 0. The van der Waals surface area contributed by atoms with E-state index in [0.29, 0.717) is 0 Å². The van der Waals surface area contributed by atoms with Gasteiger partial charge in [-0.25, -0.2) is 0 Å². The molecule has 1 aliphatic rings. The van der Waals surface area contributed by atoms with Gasteiger partial charge in [-0.15, -0.1) is 0 Å². The second kappa shape index (κ2) is 4.64. The monoisotopic (exact) mass is 183 g/mol. The van der Waals surface area contributed by atoms with Crippen molar-refractivity contribution in [1.29, 1.82) is 0 Å². The lowest BCUT2D eigenvalue weighted by molar-refractivity contribution is -0.125. The third-order valence-electron chi connectivity index (χ3n) is 3.12. The number of hydrogen-bond acceptors (Lipinski definition) is 1. The van der Waals surface area contributed by atoms with E-state index in [9.17, 15) is 4.79 Å². The van der Waals surface area contributed by atoms with E-state index in [1.807, 2.05) is 0 Å². The second-order valence-corrected chi connectivity index (χ2v) is 4.31. The molecule has 0 bridgehead atoms. The van der Waals surface area contributed by atoms with Gasteiger partial charge < -0.3 is 5.32 Å². The van der Waals surface area contributed by atoms with Crippen molar-refractivity contribution < 1.29 is 4.79 Å². The van der Waals surface area contributed by atoms with Crippen LogP contribution in [0.2, 0.25) is 0 Å². The molecule has 0 aliphatic heterocycles. The smallest absolute Gasteiger partial charge is 0.222 e. The average Bonchev–Trinajstić information content (AvgIpc) is 2.80. The largest absolute Gasteiger partial charge is 0.359 e. The summed E-state index contributed by atoms with van der Waals surface area (Å²) in [7, 11) is 1.74. The first-order chi connectivity index (χ1) is 6.19. The van der Waals surface area contributed by atoms with Crippen molar-refractivity contribution in [3.05, 3.63) is 0 Å². The van der Waals surface area contributed by atoms with Crippen LogP contribution in [-0.2, 0) is 4.79 Å². The van der Waals surface area contributed by atoms with Crippen LogP contribution in [0.4, 0.5) is 0 Å². The van der Waals surface area contributed by atoms with E-state index in [1.165, 1.54) is 6.42 Å². The van der Waals surface area contributed by atoms with Crippen LogP contribution in [0, 0.1) is 17.8 Å². The zero-order valence-corrected chi connectivity index (χ0v) is 8.97. The van der Waals surface area contributed by atoms with Gasteiger partial charge in [0.25, 0.3) is 0 Å². The number of carbonyl (C=O) groups is 1. The third kappa shape index (κ3) is 3.02. The van der Waals surface area contributed by atoms with Gasteiger partial charge in [0.2, 0.25) is 5.91 Å². The minimum Gasteiger partial charge on any atom is -0.359 e. The van der Waals surface area contributed by atoms with E-state index in [4.69, 9.17) is 0 Å². The van der Waals surface area contributed by atoms with E-state index < -0.39 is 0 Å². The fourth-order valence-corrected chi connectivity index (χ4v) is 2.00. The number of rotatable bonds is 5. The van der Waals surface area contributed by atoms with Crippen LogP contribution in [0.15, 0.2) is 0 Å². The maximum atomic E-state index is 11.5. The molecule has 1 saturated carbocycles. The van der Waals surface area contributed by atoms with E-state index in [-0.39, 0.29) is 11.8 Å². The van der Waals surface area contributed by atoms with Crippen molar-refractivity contribution in [2.75, 3.05) is 7.05 Å². The summed E-state index contributed by atoms with van der Waals surface area (Å²) in [4.78, 5) is 11.5. The van der Waals surface area contributed by atoms with Crippen LogP contribution in [0.1, 0.15) is 39.5 Å². The standard InChI is InChI=1S/C11H21NO/c1-4-5-9(11(13)12-3)7-10-6-8(10)2/h8-10H,4-7H2,1-3H3,(H,12,13). The normalized spacial score (nSPS) is 28.2. The van der Waals surface area contributed by atoms with E-state index in [0.717, 1.165) is 31.1 Å². The predicted molar refractivity (Wildman–Crippen MR) is 54.4 cm³/mol. The molecule has 0 aromatic rings. The first-order valence-corrected chi connectivity index (χ1v) is 5.40. The Hall–Kier alpha value is -0.530. The van der Waals surface area contributed by atoms with Gasteiger partial charge in [-0.2, -0.15) is 0 Å². The first kappa shape index (κ1) is 10.6. The summed E-state index contributed by atoms with van der Waals surface area (Å²) >= 11 is 0. The van der Waals surface area contributed by atoms with E-state index >= 15 is 0 Å². The Balaban J connectivity index is 2.33. The zero-order valence-electron chi connectivity index (χ0n) is 8.97. The molecule has 0 aromatic carbocycles. The molecule has 0 radical (unpaired) electrons. The molecular formula is C11H21NO. The number of carbonyl (C=O) groups excluding carboxylic acids is 1. The quantitative estimate of drug-likeness (QED) is 0.695. The van der Waals surface area contributed by atoms with Crippen LogP contribution in [0.5, 0.6) is 0 Å². The van der Waals surface area contributed by atoms with Gasteiger partial charge in [-0.05, 0) is 31.1 Å². The molecule has 1 aliphatic carbocycles. The van der Waals surface area contributed by atoms with Gasteiger partial charge >= 0.3 is 0 Å². The van der Waals surface area contributed by atoms with Crippen molar-refractivity contribution in [2.45, 2.75) is 39.5 Å². The molecule has 1 N–H and O–H groups in total. The van der Waals surface area contributed by atoms with E-state index in [2.05, 4.69) is 19.2 Å². The van der Waals surface area contributed by atoms with Crippen molar-refractivity contribution >= 4 is 5.91 Å². The van der Waals surface area contributed by atoms with Crippen molar-refractivity contribution in [3.8, 4) is 0 Å². The number of amides is 1. The molecule has 1 rings (SSSR count). The molecular weight excluding hydrogens is 162 g/mol. The molecule has 0 aromatic heterocycles. The Morgan fingerprint density at radius 2 is 2.23 bits per heavy atom. The Bertz CT molecular complexity index is 179. The van der Waals surface area contributed by atoms with Gasteiger partial charge in [-0.1, -0.05) is 20.3 Å². The molecule has 76 valence electrons. The van der Waals surface area contributed by atoms with Gasteiger partial charge in [0, 0.05) is 13.0 Å². The highest BCUT2D eigenvalue weighted by Crippen LogP contribution is 2.43. The minimum atomic E-state index is 0.237. The molecule has 1 amide bonds. The highest BCUT2D eigenvalue weighted by molar-refractivity contribution is 5.78. The Morgan fingerprint density at radius 1 is 1.62 bits per heavy atom. The first-order valence-electron chi connectivity index (χ1n) is 5.40. The van der Waals surface area contributed by atoms with Crippen LogP contribution >= 0.6 is 0 Å². The Labute approximate surface area is 81.1 Å². The second-order valence-electron chi connectivity index (χ2n) is 4.31. The summed E-state index contributed by atoms with van der Waals surface area (Å²) in [5.74, 6) is 2.20. The highest BCUT2D eigenvalue weighted by Gasteiger charge is 2.35. The number of hydrogen-bond donors (Lipinski definition) is 1. The van der Waals surface area contributed by atoms with Crippen molar-refractivity contribution in [3.63, 3.8) is 0 Å². The SMILES string of the molecule is CCCC(CC1CC1C)C(=O)NC. The zero-order chi connectivity index (χ0) is 9.84. The summed E-state index contributed by atoms with van der Waals surface area (Å²) in [6.45, 7) is 4.42. The Kier molecular flexibility index (Phi) is 3.76. The van der Waals surface area contributed by atoms with Gasteiger partial charge in [0.15, 0.2) is 0 Å². The topological polar surface area (TPSA) is 29.1 Å². The molecule has 1 fully saturated rings. The number of nitrogens with one attached hydrogen (secondary N) is 1. The molecule has 0 spiro atoms. The summed E-state index contributed by atoms with van der Waals surface area (Å²) in [5.41, 5.74) is 0. The summed E-state index contributed by atoms with van der Waals surface area (Å²) in [6.07, 6.45) is 4.59. The van der Waals surface area contributed by atoms with Crippen LogP contribution in [0.25, 0.3) is 0 Å². The van der Waals surface area contributed by atoms with Crippen molar-refractivity contribution in [1.82, 2.24) is 5.32 Å². The Morgan fingerprint density at radius 3 is 2.62 bits per heavy atom.